The molecule has 7 nitrogen and oxygen atoms in total. The Balaban J connectivity index is 2.12. The van der Waals surface area contributed by atoms with Crippen LogP contribution >= 0.6 is 0 Å². The van der Waals surface area contributed by atoms with E-state index in [0.717, 1.165) is 22.3 Å². The van der Waals surface area contributed by atoms with Crippen molar-refractivity contribution in [2.24, 2.45) is 0 Å². The first-order chi connectivity index (χ1) is 14.0. The van der Waals surface area contributed by atoms with Crippen molar-refractivity contribution in [1.29, 1.82) is 5.26 Å². The molecule has 7 heteroatoms. The van der Waals surface area contributed by atoms with E-state index < -0.39 is 0 Å². The van der Waals surface area contributed by atoms with Gasteiger partial charge in [0, 0.05) is 18.2 Å². The fourth-order valence-corrected chi connectivity index (χ4v) is 3.10. The Labute approximate surface area is 169 Å². The quantitative estimate of drug-likeness (QED) is 0.634. The van der Waals surface area contributed by atoms with Crippen LogP contribution in [-0.4, -0.2) is 23.2 Å². The van der Waals surface area contributed by atoms with Gasteiger partial charge in [0.2, 0.25) is 5.95 Å². The zero-order valence-electron chi connectivity index (χ0n) is 16.5. The predicted octanol–water partition coefficient (Wildman–Crippen LogP) is 3.57. The predicted molar refractivity (Wildman–Crippen MR) is 113 cm³/mol. The number of ether oxygens (including phenoxy) is 2. The Morgan fingerprint density at radius 1 is 1.03 bits per heavy atom. The summed E-state index contributed by atoms with van der Waals surface area (Å²) in [6, 6.07) is 13.5. The summed E-state index contributed by atoms with van der Waals surface area (Å²) < 4.78 is 11.9. The molecule has 3 aromatic rings. The number of nitriles is 1. The summed E-state index contributed by atoms with van der Waals surface area (Å²) in [5, 5.41) is 9.26. The van der Waals surface area contributed by atoms with E-state index in [1.165, 1.54) is 0 Å². The summed E-state index contributed by atoms with van der Waals surface area (Å²) in [5.74, 6) is 1.85. The first kappa shape index (κ1) is 20.0. The van der Waals surface area contributed by atoms with Crippen molar-refractivity contribution in [3.05, 3.63) is 59.3 Å². The number of rotatable bonds is 7. The van der Waals surface area contributed by atoms with Crippen LogP contribution in [-0.2, 0) is 6.42 Å². The van der Waals surface area contributed by atoms with Crippen molar-refractivity contribution in [3.8, 4) is 28.7 Å². The van der Waals surface area contributed by atoms with E-state index in [4.69, 9.17) is 20.9 Å². The zero-order chi connectivity index (χ0) is 20.8. The molecule has 0 aliphatic heterocycles. The van der Waals surface area contributed by atoms with E-state index in [1.54, 1.807) is 12.3 Å². The van der Waals surface area contributed by atoms with Gasteiger partial charge >= 0.3 is 0 Å². The molecule has 0 radical (unpaired) electrons. The van der Waals surface area contributed by atoms with E-state index >= 15 is 0 Å². The average molecular weight is 389 g/mol. The van der Waals surface area contributed by atoms with Gasteiger partial charge in [-0.05, 0) is 49.2 Å². The lowest BCUT2D eigenvalue weighted by Crippen LogP contribution is -2.05. The van der Waals surface area contributed by atoms with Gasteiger partial charge in [-0.3, -0.25) is 0 Å². The van der Waals surface area contributed by atoms with Gasteiger partial charge in [-0.2, -0.15) is 10.2 Å². The van der Waals surface area contributed by atoms with Gasteiger partial charge in [-0.15, -0.1) is 0 Å². The van der Waals surface area contributed by atoms with Gasteiger partial charge in [0.25, 0.3) is 0 Å². The maximum absolute atomic E-state index is 9.26. The Kier molecular flexibility index (Phi) is 6.15. The lowest BCUT2D eigenvalue weighted by Gasteiger charge is -2.18. The third kappa shape index (κ3) is 4.55. The second-order valence-electron chi connectivity index (χ2n) is 6.34. The van der Waals surface area contributed by atoms with Crippen molar-refractivity contribution >= 4 is 11.8 Å². The summed E-state index contributed by atoms with van der Waals surface area (Å²) in [4.78, 5) is 8.05. The highest BCUT2D eigenvalue weighted by atomic mass is 16.5. The molecule has 0 amide bonds. The third-order valence-corrected chi connectivity index (χ3v) is 4.32. The van der Waals surface area contributed by atoms with Gasteiger partial charge < -0.3 is 20.9 Å². The maximum Gasteiger partial charge on any atom is 0.221 e. The number of benzene rings is 2. The van der Waals surface area contributed by atoms with Crippen LogP contribution in [0.1, 0.15) is 30.5 Å². The van der Waals surface area contributed by atoms with E-state index in [1.807, 2.05) is 44.2 Å². The summed E-state index contributed by atoms with van der Waals surface area (Å²) in [6.07, 6.45) is 2.13. The summed E-state index contributed by atoms with van der Waals surface area (Å²) in [5.41, 5.74) is 15.5. The number of nitrogens with zero attached hydrogens (tertiary/aromatic N) is 3. The van der Waals surface area contributed by atoms with Gasteiger partial charge in [0.15, 0.2) is 0 Å². The van der Waals surface area contributed by atoms with Crippen LogP contribution < -0.4 is 20.9 Å². The topological polar surface area (TPSA) is 120 Å². The van der Waals surface area contributed by atoms with Crippen LogP contribution in [0.5, 0.6) is 11.5 Å². The molecule has 0 saturated heterocycles. The minimum absolute atomic E-state index is 0.143. The minimum Gasteiger partial charge on any atom is -0.493 e. The summed E-state index contributed by atoms with van der Waals surface area (Å²) in [7, 11) is 0. The highest BCUT2D eigenvalue weighted by molar-refractivity contribution is 5.78. The van der Waals surface area contributed by atoms with Gasteiger partial charge in [-0.1, -0.05) is 12.1 Å². The van der Waals surface area contributed by atoms with Crippen LogP contribution in [0.25, 0.3) is 11.1 Å². The molecule has 3 rings (SSSR count). The molecule has 0 saturated carbocycles. The van der Waals surface area contributed by atoms with Gasteiger partial charge in [-0.25, -0.2) is 4.98 Å². The molecule has 2 aromatic carbocycles. The molecule has 1 heterocycles. The summed E-state index contributed by atoms with van der Waals surface area (Å²) >= 11 is 0. The normalized spacial score (nSPS) is 10.4. The minimum atomic E-state index is 0.143. The molecule has 0 aliphatic carbocycles. The Bertz CT molecular complexity index is 1030. The van der Waals surface area contributed by atoms with Crippen molar-refractivity contribution in [3.63, 3.8) is 0 Å². The molecular weight excluding hydrogens is 366 g/mol. The largest absolute Gasteiger partial charge is 0.493 e. The number of anilines is 2. The Morgan fingerprint density at radius 2 is 1.72 bits per heavy atom. The van der Waals surface area contributed by atoms with Crippen molar-refractivity contribution in [2.45, 2.75) is 20.3 Å². The Hall–Kier alpha value is -3.79. The molecule has 0 fully saturated rings. The molecule has 0 unspecified atom stereocenters. The van der Waals surface area contributed by atoms with Crippen LogP contribution in [0.3, 0.4) is 0 Å². The fourth-order valence-electron chi connectivity index (χ4n) is 3.10. The average Bonchev–Trinajstić information content (AvgIpc) is 2.70. The van der Waals surface area contributed by atoms with E-state index in [-0.39, 0.29) is 5.95 Å². The number of nitrogens with two attached hydrogens (primary N) is 2. The fraction of sp³-hybridized carbons (Fsp3) is 0.227. The second kappa shape index (κ2) is 8.93. The smallest absolute Gasteiger partial charge is 0.221 e. The molecule has 1 aromatic heterocycles. The van der Waals surface area contributed by atoms with Crippen LogP contribution in [0.15, 0.2) is 42.6 Å². The van der Waals surface area contributed by atoms with E-state index in [0.29, 0.717) is 42.5 Å². The number of aromatic nitrogens is 2. The number of hydrogen-bond acceptors (Lipinski definition) is 7. The molecule has 0 spiro atoms. The molecule has 0 bridgehead atoms. The van der Waals surface area contributed by atoms with Crippen LogP contribution in [0.2, 0.25) is 0 Å². The highest BCUT2D eigenvalue weighted by Crippen LogP contribution is 2.41. The molecule has 4 N–H and O–H groups in total. The molecule has 0 aliphatic rings. The number of nitrogen functional groups attached to an aromatic ring is 2. The molecule has 148 valence electrons. The van der Waals surface area contributed by atoms with Crippen molar-refractivity contribution in [2.75, 3.05) is 24.7 Å². The maximum atomic E-state index is 9.26. The standard InChI is InChI=1S/C22H23N5O2/c1-3-28-18-10-15(9-17-13-26-22(25)27-21(17)24)11-19(29-4-2)20(18)16-7-5-6-14(8-16)12-23/h5-8,10-11,13H,3-4,9H2,1-2H3,(H4,24,25,26,27). The van der Waals surface area contributed by atoms with Crippen LogP contribution in [0.4, 0.5) is 11.8 Å². The monoisotopic (exact) mass is 389 g/mol. The molecule has 29 heavy (non-hydrogen) atoms. The van der Waals surface area contributed by atoms with Crippen LogP contribution in [0, 0.1) is 11.3 Å². The number of hydrogen-bond donors (Lipinski definition) is 2. The molecule has 0 atom stereocenters. The Morgan fingerprint density at radius 3 is 2.31 bits per heavy atom. The van der Waals surface area contributed by atoms with Gasteiger partial charge in [0.05, 0.1) is 30.4 Å². The first-order valence-corrected chi connectivity index (χ1v) is 9.35. The highest BCUT2D eigenvalue weighted by Gasteiger charge is 2.17. The van der Waals surface area contributed by atoms with E-state index in [2.05, 4.69) is 16.0 Å². The second-order valence-corrected chi connectivity index (χ2v) is 6.34. The SMILES string of the molecule is CCOc1cc(Cc2cnc(N)nc2N)cc(OCC)c1-c1cccc(C#N)c1. The van der Waals surface area contributed by atoms with Gasteiger partial charge in [0.1, 0.15) is 17.3 Å². The molecular formula is C22H23N5O2. The zero-order valence-corrected chi connectivity index (χ0v) is 16.5. The van der Waals surface area contributed by atoms with Crippen molar-refractivity contribution < 1.29 is 9.47 Å². The van der Waals surface area contributed by atoms with Crippen molar-refractivity contribution in [1.82, 2.24) is 9.97 Å². The first-order valence-electron chi connectivity index (χ1n) is 9.35. The summed E-state index contributed by atoms with van der Waals surface area (Å²) in [6.45, 7) is 4.84. The lowest BCUT2D eigenvalue weighted by atomic mass is 9.97. The van der Waals surface area contributed by atoms with E-state index in [9.17, 15) is 5.26 Å². The lowest BCUT2D eigenvalue weighted by molar-refractivity contribution is 0.325. The third-order valence-electron chi connectivity index (χ3n) is 4.32.